The summed E-state index contributed by atoms with van der Waals surface area (Å²) in [6.07, 6.45) is 1.19. The Morgan fingerprint density at radius 1 is 1.24 bits per heavy atom. The van der Waals surface area contributed by atoms with Crippen LogP contribution in [0.5, 0.6) is 0 Å². The summed E-state index contributed by atoms with van der Waals surface area (Å²) in [7, 11) is 0. The minimum atomic E-state index is -1.55. The number of carboxylic acids is 1. The highest BCUT2D eigenvalue weighted by Gasteiger charge is 2.13. The molecule has 0 atom stereocenters. The topological polar surface area (TPSA) is 114 Å². The minimum absolute atomic E-state index is 0.133. The standard InChI is InChI=1S/C14H12N2O4S/c15-9-3-1-8(2-4-9)5-10-7-21-13(16-10)11(17)6-12(18)14(19)20/h1-4,6-7,18H,5,15H2,(H,19,20)/b12-6-. The van der Waals surface area contributed by atoms with Crippen molar-refractivity contribution in [2.45, 2.75) is 6.42 Å². The Bertz CT molecular complexity index is 704. The smallest absolute Gasteiger partial charge is 0.371 e. The second-order valence-electron chi connectivity index (χ2n) is 4.26. The van der Waals surface area contributed by atoms with E-state index >= 15 is 0 Å². The molecule has 2 rings (SSSR count). The van der Waals surface area contributed by atoms with Gasteiger partial charge in [-0.2, -0.15) is 0 Å². The van der Waals surface area contributed by atoms with Crippen molar-refractivity contribution in [3.63, 3.8) is 0 Å². The molecule has 0 aliphatic heterocycles. The van der Waals surface area contributed by atoms with Crippen LogP contribution in [0.1, 0.15) is 21.1 Å². The molecule has 0 fully saturated rings. The number of aliphatic hydroxyl groups excluding tert-OH is 1. The van der Waals surface area contributed by atoms with Crippen LogP contribution in [0.25, 0.3) is 0 Å². The molecular weight excluding hydrogens is 292 g/mol. The summed E-state index contributed by atoms with van der Waals surface area (Å²) in [4.78, 5) is 26.3. The summed E-state index contributed by atoms with van der Waals surface area (Å²) in [5, 5.41) is 19.4. The monoisotopic (exact) mass is 304 g/mol. The van der Waals surface area contributed by atoms with Crippen molar-refractivity contribution < 1.29 is 19.8 Å². The first kappa shape index (κ1) is 14.7. The molecule has 21 heavy (non-hydrogen) atoms. The van der Waals surface area contributed by atoms with Gasteiger partial charge in [0.1, 0.15) is 0 Å². The highest BCUT2D eigenvalue weighted by Crippen LogP contribution is 2.16. The minimum Gasteiger partial charge on any atom is -0.502 e. The average molecular weight is 304 g/mol. The summed E-state index contributed by atoms with van der Waals surface area (Å²) in [6.45, 7) is 0. The van der Waals surface area contributed by atoms with Crippen molar-refractivity contribution >= 4 is 28.8 Å². The lowest BCUT2D eigenvalue weighted by molar-refractivity contribution is -0.135. The molecule has 2 aromatic rings. The number of nitrogens with two attached hydrogens (primary N) is 1. The first-order chi connectivity index (χ1) is 9.95. The lowest BCUT2D eigenvalue weighted by Gasteiger charge is -1.98. The Morgan fingerprint density at radius 3 is 2.52 bits per heavy atom. The molecule has 0 bridgehead atoms. The van der Waals surface area contributed by atoms with Crippen LogP contribution in [0, 0.1) is 0 Å². The lowest BCUT2D eigenvalue weighted by Crippen LogP contribution is -2.04. The molecule has 0 radical (unpaired) electrons. The quantitative estimate of drug-likeness (QED) is 0.337. The molecule has 0 spiro atoms. The maximum absolute atomic E-state index is 11.7. The normalized spacial score (nSPS) is 11.3. The van der Waals surface area contributed by atoms with E-state index in [9.17, 15) is 9.59 Å². The highest BCUT2D eigenvalue weighted by molar-refractivity contribution is 7.11. The molecule has 1 aromatic carbocycles. The van der Waals surface area contributed by atoms with E-state index in [1.54, 1.807) is 17.5 Å². The number of aromatic nitrogens is 1. The summed E-state index contributed by atoms with van der Waals surface area (Å²) in [5.41, 5.74) is 7.96. The van der Waals surface area contributed by atoms with Crippen LogP contribution in [-0.4, -0.2) is 26.9 Å². The Kier molecular flexibility index (Phi) is 4.34. The SMILES string of the molecule is Nc1ccc(Cc2csc(C(=O)/C=C(\O)C(=O)O)n2)cc1. The van der Waals surface area contributed by atoms with Gasteiger partial charge in [0.05, 0.1) is 5.69 Å². The number of carbonyl (C=O) groups is 2. The number of hydrogen-bond donors (Lipinski definition) is 3. The second kappa shape index (κ2) is 6.19. The number of nitrogens with zero attached hydrogens (tertiary/aromatic N) is 1. The summed E-state index contributed by atoms with van der Waals surface area (Å²) in [6, 6.07) is 7.29. The van der Waals surface area contributed by atoms with E-state index in [1.807, 2.05) is 12.1 Å². The molecule has 0 aliphatic rings. The molecule has 7 heteroatoms. The van der Waals surface area contributed by atoms with Gasteiger partial charge in [0, 0.05) is 23.6 Å². The Labute approximate surface area is 124 Å². The van der Waals surface area contributed by atoms with Crippen LogP contribution in [0.15, 0.2) is 41.5 Å². The third-order valence-corrected chi connectivity index (χ3v) is 3.52. The fourth-order valence-electron chi connectivity index (χ4n) is 1.59. The fraction of sp³-hybridized carbons (Fsp3) is 0.0714. The van der Waals surface area contributed by atoms with Crippen molar-refractivity contribution in [2.75, 3.05) is 5.73 Å². The molecule has 0 amide bonds. The number of allylic oxidation sites excluding steroid dienone is 1. The number of nitrogen functional groups attached to an aromatic ring is 1. The van der Waals surface area contributed by atoms with Gasteiger partial charge in [-0.1, -0.05) is 12.1 Å². The van der Waals surface area contributed by atoms with Crippen LogP contribution in [-0.2, 0) is 11.2 Å². The third kappa shape index (κ3) is 3.90. The molecular formula is C14H12N2O4S. The first-order valence-corrected chi connectivity index (χ1v) is 6.81. The molecule has 1 heterocycles. The van der Waals surface area contributed by atoms with Crippen molar-refractivity contribution in [3.8, 4) is 0 Å². The van der Waals surface area contributed by atoms with E-state index in [0.29, 0.717) is 23.9 Å². The van der Waals surface area contributed by atoms with E-state index in [0.717, 1.165) is 16.9 Å². The zero-order valence-corrected chi connectivity index (χ0v) is 11.6. The Hall–Kier alpha value is -2.67. The maximum Gasteiger partial charge on any atom is 0.371 e. The summed E-state index contributed by atoms with van der Waals surface area (Å²) < 4.78 is 0. The van der Waals surface area contributed by atoms with Gasteiger partial charge in [0.25, 0.3) is 0 Å². The van der Waals surface area contributed by atoms with Gasteiger partial charge >= 0.3 is 5.97 Å². The van der Waals surface area contributed by atoms with Gasteiger partial charge in [-0.05, 0) is 17.7 Å². The van der Waals surface area contributed by atoms with Gasteiger partial charge in [0.15, 0.2) is 5.01 Å². The maximum atomic E-state index is 11.7. The molecule has 1 aromatic heterocycles. The average Bonchev–Trinajstić information content (AvgIpc) is 2.90. The van der Waals surface area contributed by atoms with Crippen molar-refractivity contribution in [1.29, 1.82) is 0 Å². The molecule has 0 unspecified atom stereocenters. The molecule has 0 aliphatic carbocycles. The summed E-state index contributed by atoms with van der Waals surface area (Å²) in [5.74, 6) is -3.19. The molecule has 0 saturated heterocycles. The lowest BCUT2D eigenvalue weighted by atomic mass is 10.1. The highest BCUT2D eigenvalue weighted by atomic mass is 32.1. The van der Waals surface area contributed by atoms with E-state index in [2.05, 4.69) is 4.98 Å². The van der Waals surface area contributed by atoms with Crippen LogP contribution >= 0.6 is 11.3 Å². The summed E-state index contributed by atoms with van der Waals surface area (Å²) >= 11 is 1.10. The molecule has 108 valence electrons. The van der Waals surface area contributed by atoms with Crippen molar-refractivity contribution in [1.82, 2.24) is 4.98 Å². The number of hydrogen-bond acceptors (Lipinski definition) is 6. The molecule has 4 N–H and O–H groups in total. The number of carbonyl (C=O) groups excluding carboxylic acids is 1. The number of thiazole rings is 1. The van der Waals surface area contributed by atoms with Gasteiger partial charge in [-0.15, -0.1) is 11.3 Å². The van der Waals surface area contributed by atoms with Gasteiger partial charge < -0.3 is 15.9 Å². The number of anilines is 1. The van der Waals surface area contributed by atoms with E-state index in [4.69, 9.17) is 15.9 Å². The van der Waals surface area contributed by atoms with Crippen molar-refractivity contribution in [3.05, 3.63) is 57.7 Å². The number of ketones is 1. The molecule has 6 nitrogen and oxygen atoms in total. The number of benzene rings is 1. The Morgan fingerprint density at radius 2 is 1.90 bits per heavy atom. The van der Waals surface area contributed by atoms with Crippen molar-refractivity contribution in [2.24, 2.45) is 0 Å². The number of aliphatic carboxylic acids is 1. The first-order valence-electron chi connectivity index (χ1n) is 5.93. The number of carboxylic acid groups (broad SMARTS) is 1. The zero-order chi connectivity index (χ0) is 15.4. The molecule has 0 saturated carbocycles. The van der Waals surface area contributed by atoms with Gasteiger partial charge in [-0.25, -0.2) is 9.78 Å². The van der Waals surface area contributed by atoms with Crippen LogP contribution in [0.2, 0.25) is 0 Å². The fourth-order valence-corrected chi connectivity index (χ4v) is 2.32. The number of aliphatic hydroxyl groups is 1. The third-order valence-electron chi connectivity index (χ3n) is 2.61. The van der Waals surface area contributed by atoms with Crippen LogP contribution < -0.4 is 5.73 Å². The predicted octanol–water partition coefficient (Wildman–Crippen LogP) is 2.03. The van der Waals surface area contributed by atoms with E-state index in [1.165, 1.54) is 0 Å². The predicted molar refractivity (Wildman–Crippen MR) is 78.5 cm³/mol. The largest absolute Gasteiger partial charge is 0.502 e. The van der Waals surface area contributed by atoms with Gasteiger partial charge in [0.2, 0.25) is 11.5 Å². The Balaban J connectivity index is 2.11. The van der Waals surface area contributed by atoms with Gasteiger partial charge in [-0.3, -0.25) is 4.79 Å². The zero-order valence-electron chi connectivity index (χ0n) is 10.8. The van der Waals surface area contributed by atoms with E-state index in [-0.39, 0.29) is 5.01 Å². The van der Waals surface area contributed by atoms with Crippen LogP contribution in [0.3, 0.4) is 0 Å². The number of rotatable bonds is 5. The van der Waals surface area contributed by atoms with Crippen LogP contribution in [0.4, 0.5) is 5.69 Å². The second-order valence-corrected chi connectivity index (χ2v) is 5.12. The van der Waals surface area contributed by atoms with E-state index < -0.39 is 17.5 Å².